The van der Waals surface area contributed by atoms with Gasteiger partial charge < -0.3 is 5.11 Å². The molecule has 28 heavy (non-hydrogen) atoms. The number of aliphatic imine (C=N–C) groups is 1. The summed E-state index contributed by atoms with van der Waals surface area (Å²) in [4.78, 5) is 5.06. The highest BCUT2D eigenvalue weighted by Crippen LogP contribution is 2.66. The molecule has 4 saturated carbocycles. The van der Waals surface area contributed by atoms with Crippen molar-refractivity contribution in [1.29, 1.82) is 0 Å². The smallest absolute Gasteiger partial charge is 0.124 e. The summed E-state index contributed by atoms with van der Waals surface area (Å²) in [5.41, 5.74) is 1.85. The highest BCUT2D eigenvalue weighted by Gasteiger charge is 2.59. The molecule has 1 N–H and O–H groups in total. The third-order valence-corrected chi connectivity index (χ3v) is 9.86. The van der Waals surface area contributed by atoms with E-state index in [1.165, 1.54) is 64.2 Å². The van der Waals surface area contributed by atoms with Gasteiger partial charge >= 0.3 is 0 Å². The number of benzene rings is 1. The molecule has 1 aromatic rings. The first-order chi connectivity index (χ1) is 13.5. The first-order valence-electron chi connectivity index (χ1n) is 11.8. The topological polar surface area (TPSA) is 32.6 Å². The van der Waals surface area contributed by atoms with Crippen LogP contribution in [0.15, 0.2) is 29.3 Å². The van der Waals surface area contributed by atoms with Crippen LogP contribution in [-0.4, -0.2) is 17.4 Å². The van der Waals surface area contributed by atoms with Crippen LogP contribution in [0.5, 0.6) is 5.75 Å². The number of para-hydroxylation sites is 1. The van der Waals surface area contributed by atoms with Crippen LogP contribution in [0.2, 0.25) is 0 Å². The maximum Gasteiger partial charge on any atom is 0.124 e. The van der Waals surface area contributed by atoms with Crippen molar-refractivity contribution in [2.24, 2.45) is 39.5 Å². The van der Waals surface area contributed by atoms with E-state index in [9.17, 15) is 5.11 Å². The molecule has 4 aliphatic carbocycles. The molecule has 2 heteroatoms. The van der Waals surface area contributed by atoms with E-state index in [1.54, 1.807) is 6.07 Å². The Labute approximate surface area is 170 Å². The lowest BCUT2D eigenvalue weighted by atomic mass is 9.45. The van der Waals surface area contributed by atoms with E-state index in [0.29, 0.717) is 22.6 Å². The second kappa shape index (κ2) is 6.89. The summed E-state index contributed by atoms with van der Waals surface area (Å²) in [5, 5.41) is 10.1. The Morgan fingerprint density at radius 2 is 1.71 bits per heavy atom. The van der Waals surface area contributed by atoms with E-state index >= 15 is 0 Å². The molecule has 5 rings (SSSR count). The van der Waals surface area contributed by atoms with E-state index < -0.39 is 0 Å². The normalized spacial score (nSPS) is 45.4. The standard InChI is InChI=1S/C26H37NO/c1-25-15-6-5-8-19(25)10-11-20-21-12-13-24(26(21,2)16-14-22(20)25)27-17-18-7-3-4-9-23(18)28/h3-4,7,9,17,19-22,24,28H,5-6,8,10-16H2,1-2H3/t19-,20-,21+,22+,24+,25+,26-/m1/s1. The Morgan fingerprint density at radius 3 is 2.57 bits per heavy atom. The molecule has 0 heterocycles. The Morgan fingerprint density at radius 1 is 0.893 bits per heavy atom. The average Bonchev–Trinajstić information content (AvgIpc) is 3.03. The number of rotatable bonds is 2. The summed E-state index contributed by atoms with van der Waals surface area (Å²) in [5.74, 6) is 4.10. The van der Waals surface area contributed by atoms with Gasteiger partial charge in [-0.15, -0.1) is 0 Å². The highest BCUT2D eigenvalue weighted by atomic mass is 16.3. The van der Waals surface area contributed by atoms with Crippen molar-refractivity contribution in [3.05, 3.63) is 29.8 Å². The molecule has 2 nitrogen and oxygen atoms in total. The predicted octanol–water partition coefficient (Wildman–Crippen LogP) is 6.61. The first-order valence-corrected chi connectivity index (χ1v) is 11.8. The average molecular weight is 380 g/mol. The van der Waals surface area contributed by atoms with Crippen molar-refractivity contribution in [2.75, 3.05) is 0 Å². The molecule has 0 amide bonds. The third kappa shape index (κ3) is 2.77. The molecule has 7 atom stereocenters. The van der Waals surface area contributed by atoms with Crippen molar-refractivity contribution in [2.45, 2.75) is 84.1 Å². The Balaban J connectivity index is 1.37. The fraction of sp³-hybridized carbons (Fsp3) is 0.731. The van der Waals surface area contributed by atoms with Gasteiger partial charge in [-0.25, -0.2) is 0 Å². The predicted molar refractivity (Wildman–Crippen MR) is 116 cm³/mol. The van der Waals surface area contributed by atoms with Crippen LogP contribution in [0.4, 0.5) is 0 Å². The molecule has 152 valence electrons. The number of nitrogens with zero attached hydrogens (tertiary/aromatic N) is 1. The molecule has 0 saturated heterocycles. The largest absolute Gasteiger partial charge is 0.507 e. The van der Waals surface area contributed by atoms with Crippen LogP contribution < -0.4 is 0 Å². The molecule has 0 spiro atoms. The Kier molecular flexibility index (Phi) is 4.60. The van der Waals surface area contributed by atoms with Crippen LogP contribution in [0.25, 0.3) is 0 Å². The van der Waals surface area contributed by atoms with Crippen molar-refractivity contribution in [3.63, 3.8) is 0 Å². The molecule has 0 bridgehead atoms. The number of hydrogen-bond acceptors (Lipinski definition) is 2. The minimum Gasteiger partial charge on any atom is -0.507 e. The lowest BCUT2D eigenvalue weighted by Crippen LogP contribution is -2.53. The van der Waals surface area contributed by atoms with Crippen molar-refractivity contribution in [1.82, 2.24) is 0 Å². The van der Waals surface area contributed by atoms with Crippen LogP contribution in [0.3, 0.4) is 0 Å². The van der Waals surface area contributed by atoms with Gasteiger partial charge in [-0.3, -0.25) is 4.99 Å². The van der Waals surface area contributed by atoms with E-state index in [-0.39, 0.29) is 0 Å². The molecule has 0 radical (unpaired) electrons. The van der Waals surface area contributed by atoms with Gasteiger partial charge in [0.25, 0.3) is 0 Å². The van der Waals surface area contributed by atoms with Crippen LogP contribution in [-0.2, 0) is 0 Å². The summed E-state index contributed by atoms with van der Waals surface area (Å²) in [6, 6.07) is 8.01. The van der Waals surface area contributed by atoms with Gasteiger partial charge in [0.2, 0.25) is 0 Å². The third-order valence-electron chi connectivity index (χ3n) is 9.86. The first kappa shape index (κ1) is 18.7. The fourth-order valence-electron chi connectivity index (χ4n) is 8.28. The quantitative estimate of drug-likeness (QED) is 0.576. The highest BCUT2D eigenvalue weighted by molar-refractivity contribution is 5.83. The van der Waals surface area contributed by atoms with Crippen LogP contribution in [0.1, 0.15) is 83.6 Å². The number of fused-ring (bicyclic) bond motifs is 5. The minimum absolute atomic E-state index is 0.346. The molecular weight excluding hydrogens is 342 g/mol. The van der Waals surface area contributed by atoms with Crippen molar-refractivity contribution < 1.29 is 5.11 Å². The molecule has 4 aliphatic rings. The Hall–Kier alpha value is -1.31. The fourth-order valence-corrected chi connectivity index (χ4v) is 8.28. The lowest BCUT2D eigenvalue weighted by Gasteiger charge is -2.60. The van der Waals surface area contributed by atoms with E-state index in [2.05, 4.69) is 13.8 Å². The second-order valence-corrected chi connectivity index (χ2v) is 10.9. The molecule has 4 fully saturated rings. The Bertz CT molecular complexity index is 757. The van der Waals surface area contributed by atoms with E-state index in [1.807, 2.05) is 24.4 Å². The zero-order chi connectivity index (χ0) is 19.4. The van der Waals surface area contributed by atoms with Gasteiger partial charge in [0.15, 0.2) is 0 Å². The molecule has 0 aromatic heterocycles. The number of hydrogen-bond donors (Lipinski definition) is 1. The summed E-state index contributed by atoms with van der Waals surface area (Å²) in [6.07, 6.45) is 16.2. The summed E-state index contributed by atoms with van der Waals surface area (Å²) < 4.78 is 0. The second-order valence-electron chi connectivity index (χ2n) is 10.9. The van der Waals surface area contributed by atoms with Gasteiger partial charge in [0.05, 0.1) is 6.04 Å². The molecule has 0 unspecified atom stereocenters. The monoisotopic (exact) mass is 379 g/mol. The van der Waals surface area contributed by atoms with Crippen molar-refractivity contribution >= 4 is 6.21 Å². The molecule has 1 aromatic carbocycles. The van der Waals surface area contributed by atoms with Gasteiger partial charge in [0.1, 0.15) is 5.75 Å². The number of phenolic OH excluding ortho intramolecular Hbond substituents is 1. The summed E-state index contributed by atoms with van der Waals surface area (Å²) >= 11 is 0. The van der Waals surface area contributed by atoms with Gasteiger partial charge in [-0.05, 0) is 98.0 Å². The maximum absolute atomic E-state index is 10.1. The zero-order valence-corrected chi connectivity index (χ0v) is 17.7. The van der Waals surface area contributed by atoms with Gasteiger partial charge in [0, 0.05) is 11.8 Å². The van der Waals surface area contributed by atoms with Gasteiger partial charge in [-0.1, -0.05) is 38.8 Å². The molecular formula is C26H37NO. The number of aromatic hydroxyl groups is 1. The van der Waals surface area contributed by atoms with Crippen LogP contribution in [0, 0.1) is 34.5 Å². The summed E-state index contributed by atoms with van der Waals surface area (Å²) in [7, 11) is 0. The van der Waals surface area contributed by atoms with Crippen LogP contribution >= 0.6 is 0 Å². The van der Waals surface area contributed by atoms with Gasteiger partial charge in [-0.2, -0.15) is 0 Å². The summed E-state index contributed by atoms with van der Waals surface area (Å²) in [6.45, 7) is 5.21. The maximum atomic E-state index is 10.1. The van der Waals surface area contributed by atoms with Crippen molar-refractivity contribution in [3.8, 4) is 5.75 Å². The number of phenols is 1. The zero-order valence-electron chi connectivity index (χ0n) is 17.7. The SMILES string of the molecule is C[C@]12CCCC[C@@H]1CC[C@H]1[C@@H]2CC[C@@]2(C)[C@@H](N=Cc3ccccc3O)CC[C@@H]12. The van der Waals surface area contributed by atoms with E-state index in [0.717, 1.165) is 29.2 Å². The van der Waals surface area contributed by atoms with E-state index in [4.69, 9.17) is 4.99 Å². The lowest BCUT2D eigenvalue weighted by molar-refractivity contribution is -0.105. The molecule has 0 aliphatic heterocycles. The minimum atomic E-state index is 0.346.